The van der Waals surface area contributed by atoms with Gasteiger partial charge in [0.25, 0.3) is 0 Å². The number of nitrogens with one attached hydrogen (secondary N) is 2. The topological polar surface area (TPSA) is 78.4 Å². The summed E-state index contributed by atoms with van der Waals surface area (Å²) in [6.07, 6.45) is 11.2. The van der Waals surface area contributed by atoms with Gasteiger partial charge in [0, 0.05) is 6.54 Å². The van der Waals surface area contributed by atoms with Crippen LogP contribution in [-0.2, 0) is 4.79 Å². The van der Waals surface area contributed by atoms with Gasteiger partial charge in [-0.3, -0.25) is 0 Å². The first-order valence-electron chi connectivity index (χ1n) is 8.40. The number of rotatable bonds is 10. The SMILES string of the molecule is CCCCCCCCCNC(=O)NC1(C(=O)O)CCCC1. The van der Waals surface area contributed by atoms with Crippen LogP contribution in [0.1, 0.15) is 77.6 Å². The molecule has 1 saturated carbocycles. The minimum absolute atomic E-state index is 0.342. The minimum Gasteiger partial charge on any atom is -0.480 e. The highest BCUT2D eigenvalue weighted by molar-refractivity contribution is 5.86. The molecule has 1 aliphatic rings. The molecule has 0 unspecified atom stereocenters. The van der Waals surface area contributed by atoms with Crippen molar-refractivity contribution < 1.29 is 14.7 Å². The Bertz CT molecular complexity index is 325. The first-order chi connectivity index (χ1) is 10.1. The van der Waals surface area contributed by atoms with E-state index >= 15 is 0 Å². The third-order valence-electron chi connectivity index (χ3n) is 4.29. The van der Waals surface area contributed by atoms with Gasteiger partial charge in [0.1, 0.15) is 5.54 Å². The number of hydrogen-bond donors (Lipinski definition) is 3. The number of hydrogen-bond acceptors (Lipinski definition) is 2. The van der Waals surface area contributed by atoms with Crippen molar-refractivity contribution in [2.75, 3.05) is 6.54 Å². The van der Waals surface area contributed by atoms with Crippen LogP contribution in [0.15, 0.2) is 0 Å². The van der Waals surface area contributed by atoms with Gasteiger partial charge in [-0.1, -0.05) is 58.3 Å². The number of carbonyl (C=O) groups excluding carboxylic acids is 1. The zero-order valence-corrected chi connectivity index (χ0v) is 13.2. The van der Waals surface area contributed by atoms with Crippen molar-refractivity contribution in [2.24, 2.45) is 0 Å². The number of aliphatic carboxylic acids is 1. The van der Waals surface area contributed by atoms with Gasteiger partial charge in [-0.05, 0) is 19.3 Å². The van der Waals surface area contributed by atoms with Crippen LogP contribution in [0.3, 0.4) is 0 Å². The second kappa shape index (κ2) is 9.64. The molecule has 0 saturated heterocycles. The maximum absolute atomic E-state index is 11.8. The van der Waals surface area contributed by atoms with Crippen molar-refractivity contribution in [1.29, 1.82) is 0 Å². The molecule has 0 aromatic heterocycles. The fourth-order valence-corrected chi connectivity index (χ4v) is 2.92. The Kier molecular flexibility index (Phi) is 8.16. The zero-order chi connectivity index (χ0) is 15.6. The number of amides is 2. The zero-order valence-electron chi connectivity index (χ0n) is 13.2. The lowest BCUT2D eigenvalue weighted by atomic mass is 9.98. The Labute approximate surface area is 127 Å². The maximum atomic E-state index is 11.8. The average molecular weight is 298 g/mol. The largest absolute Gasteiger partial charge is 0.480 e. The summed E-state index contributed by atoms with van der Waals surface area (Å²) in [7, 11) is 0. The highest BCUT2D eigenvalue weighted by atomic mass is 16.4. The molecule has 1 fully saturated rings. The number of carboxylic acid groups (broad SMARTS) is 1. The maximum Gasteiger partial charge on any atom is 0.329 e. The highest BCUT2D eigenvalue weighted by Gasteiger charge is 2.42. The molecule has 0 atom stereocenters. The van der Waals surface area contributed by atoms with E-state index < -0.39 is 11.5 Å². The normalized spacial score (nSPS) is 16.6. The molecule has 0 aliphatic heterocycles. The third kappa shape index (κ3) is 6.36. The van der Waals surface area contributed by atoms with Crippen molar-refractivity contribution >= 4 is 12.0 Å². The van der Waals surface area contributed by atoms with Gasteiger partial charge >= 0.3 is 12.0 Å². The van der Waals surface area contributed by atoms with Gasteiger partial charge in [-0.25, -0.2) is 9.59 Å². The summed E-state index contributed by atoms with van der Waals surface area (Å²) in [5.74, 6) is -0.911. The summed E-state index contributed by atoms with van der Waals surface area (Å²) in [5.41, 5.74) is -1.04. The smallest absolute Gasteiger partial charge is 0.329 e. The quantitative estimate of drug-likeness (QED) is 0.541. The summed E-state index contributed by atoms with van der Waals surface area (Å²) in [4.78, 5) is 23.1. The molecule has 2 amide bonds. The molecule has 5 heteroatoms. The van der Waals surface area contributed by atoms with Crippen molar-refractivity contribution in [1.82, 2.24) is 10.6 Å². The standard InChI is InChI=1S/C16H30N2O3/c1-2-3-4-5-6-7-10-13-17-15(21)18-16(14(19)20)11-8-9-12-16/h2-13H2,1H3,(H,19,20)(H2,17,18,21). The van der Waals surface area contributed by atoms with Crippen LogP contribution in [-0.4, -0.2) is 29.2 Å². The van der Waals surface area contributed by atoms with E-state index in [1.807, 2.05) is 0 Å². The van der Waals surface area contributed by atoms with Crippen molar-refractivity contribution in [3.05, 3.63) is 0 Å². The number of unbranched alkanes of at least 4 members (excludes halogenated alkanes) is 6. The number of urea groups is 1. The fourth-order valence-electron chi connectivity index (χ4n) is 2.92. The average Bonchev–Trinajstić information content (AvgIpc) is 2.91. The molecule has 0 radical (unpaired) electrons. The summed E-state index contributed by atoms with van der Waals surface area (Å²) in [6, 6.07) is -0.342. The predicted octanol–water partition coefficient (Wildman–Crippen LogP) is 3.43. The van der Waals surface area contributed by atoms with E-state index in [1.54, 1.807) is 0 Å². The summed E-state index contributed by atoms with van der Waals surface area (Å²) in [5, 5.41) is 14.7. The molecule has 5 nitrogen and oxygen atoms in total. The van der Waals surface area contributed by atoms with Gasteiger partial charge < -0.3 is 15.7 Å². The van der Waals surface area contributed by atoms with Gasteiger partial charge in [-0.15, -0.1) is 0 Å². The van der Waals surface area contributed by atoms with Crippen LogP contribution >= 0.6 is 0 Å². The molecule has 122 valence electrons. The van der Waals surface area contributed by atoms with Gasteiger partial charge in [-0.2, -0.15) is 0 Å². The van der Waals surface area contributed by atoms with Crippen molar-refractivity contribution in [2.45, 2.75) is 83.1 Å². The molecule has 3 N–H and O–H groups in total. The molecule has 1 aliphatic carbocycles. The Morgan fingerprint density at radius 3 is 2.14 bits per heavy atom. The first kappa shape index (κ1) is 17.8. The molecule has 0 spiro atoms. The lowest BCUT2D eigenvalue weighted by Crippen LogP contribution is -2.55. The van der Waals surface area contributed by atoms with Crippen LogP contribution in [0.5, 0.6) is 0 Å². The fraction of sp³-hybridized carbons (Fsp3) is 0.875. The van der Waals surface area contributed by atoms with E-state index in [0.29, 0.717) is 19.4 Å². The van der Waals surface area contributed by atoms with Crippen LogP contribution in [0, 0.1) is 0 Å². The minimum atomic E-state index is -1.04. The van der Waals surface area contributed by atoms with Crippen molar-refractivity contribution in [3.8, 4) is 0 Å². The van der Waals surface area contributed by atoms with E-state index in [9.17, 15) is 14.7 Å². The Balaban J connectivity index is 2.09. The molecule has 21 heavy (non-hydrogen) atoms. The predicted molar refractivity (Wildman–Crippen MR) is 83.4 cm³/mol. The van der Waals surface area contributed by atoms with E-state index in [1.165, 1.54) is 32.1 Å². The molecule has 0 heterocycles. The van der Waals surface area contributed by atoms with Crippen LogP contribution < -0.4 is 10.6 Å². The third-order valence-corrected chi connectivity index (χ3v) is 4.29. The van der Waals surface area contributed by atoms with E-state index in [4.69, 9.17) is 0 Å². The molecule has 0 aromatic rings. The second-order valence-corrected chi connectivity index (χ2v) is 6.10. The molecule has 1 rings (SSSR count). The number of carbonyl (C=O) groups is 2. The second-order valence-electron chi connectivity index (χ2n) is 6.10. The Hall–Kier alpha value is -1.26. The summed E-state index contributed by atoms with van der Waals surface area (Å²) in [6.45, 7) is 2.83. The lowest BCUT2D eigenvalue weighted by molar-refractivity contribution is -0.144. The molecule has 0 aromatic carbocycles. The lowest BCUT2D eigenvalue weighted by Gasteiger charge is -2.25. The number of carboxylic acids is 1. The van der Waals surface area contributed by atoms with Crippen LogP contribution in [0.25, 0.3) is 0 Å². The van der Waals surface area contributed by atoms with E-state index in [-0.39, 0.29) is 6.03 Å². The van der Waals surface area contributed by atoms with Crippen LogP contribution in [0.2, 0.25) is 0 Å². The van der Waals surface area contributed by atoms with E-state index in [2.05, 4.69) is 17.6 Å². The summed E-state index contributed by atoms with van der Waals surface area (Å²) >= 11 is 0. The van der Waals surface area contributed by atoms with E-state index in [0.717, 1.165) is 25.7 Å². The highest BCUT2D eigenvalue weighted by Crippen LogP contribution is 2.29. The Morgan fingerprint density at radius 2 is 1.57 bits per heavy atom. The molecular formula is C16H30N2O3. The molecular weight excluding hydrogens is 268 g/mol. The first-order valence-corrected chi connectivity index (χ1v) is 8.40. The van der Waals surface area contributed by atoms with Crippen molar-refractivity contribution in [3.63, 3.8) is 0 Å². The van der Waals surface area contributed by atoms with Crippen LogP contribution in [0.4, 0.5) is 4.79 Å². The van der Waals surface area contributed by atoms with Gasteiger partial charge in [0.2, 0.25) is 0 Å². The monoisotopic (exact) mass is 298 g/mol. The molecule has 0 bridgehead atoms. The van der Waals surface area contributed by atoms with Gasteiger partial charge in [0.15, 0.2) is 0 Å². The Morgan fingerprint density at radius 1 is 1.00 bits per heavy atom. The summed E-state index contributed by atoms with van der Waals surface area (Å²) < 4.78 is 0. The van der Waals surface area contributed by atoms with Gasteiger partial charge in [0.05, 0.1) is 0 Å².